The van der Waals surface area contributed by atoms with Gasteiger partial charge in [-0.2, -0.15) is 0 Å². The zero-order valence-electron chi connectivity index (χ0n) is 3.89. The fourth-order valence-electron chi connectivity index (χ4n) is 0.554. The molecule has 0 atom stereocenters. The lowest BCUT2D eigenvalue weighted by molar-refractivity contribution is 0.666. The monoisotopic (exact) mass is 210 g/mol. The maximum absolute atomic E-state index is 5.46. The van der Waals surface area contributed by atoms with Crippen LogP contribution in [0.3, 0.4) is 0 Å². The van der Waals surface area contributed by atoms with Gasteiger partial charge in [-0.1, -0.05) is 0 Å². The fraction of sp³-hybridized carbons (Fsp3) is 0.500. The molecular weight excluding hydrogens is 203 g/mol. The molecule has 1 rings (SSSR count). The summed E-state index contributed by atoms with van der Waals surface area (Å²) in [5, 5.41) is 0. The number of nitrogens with zero attached hydrogens (tertiary/aromatic N) is 1. The molecule has 7 heavy (non-hydrogen) atoms. The van der Waals surface area contributed by atoms with Gasteiger partial charge in [-0.15, -0.1) is 0 Å². The number of halogens is 1. The summed E-state index contributed by atoms with van der Waals surface area (Å²) in [5.41, 5.74) is 5.46. The van der Waals surface area contributed by atoms with Gasteiger partial charge in [-0.05, 0) is 12.5 Å². The van der Waals surface area contributed by atoms with Crippen LogP contribution in [0.4, 0.5) is 0 Å². The van der Waals surface area contributed by atoms with Gasteiger partial charge in [0.2, 0.25) is 0 Å². The van der Waals surface area contributed by atoms with Gasteiger partial charge < -0.3 is 8.85 Å². The zero-order valence-corrected chi connectivity index (χ0v) is 6.05. The minimum absolute atomic E-state index is 0.903. The first kappa shape index (κ1) is 5.21. The number of nitrogens with two attached hydrogens (primary N) is 1. The molecule has 0 unspecified atom stereocenters. The third-order valence-corrected chi connectivity index (χ3v) is 2.00. The summed E-state index contributed by atoms with van der Waals surface area (Å²) in [6, 6.07) is 0. The summed E-state index contributed by atoms with van der Waals surface area (Å²) in [4.78, 5) is 0. The summed E-state index contributed by atoms with van der Waals surface area (Å²) < 4.78 is 2.01. The van der Waals surface area contributed by atoms with E-state index in [0.717, 1.165) is 18.8 Å². The van der Waals surface area contributed by atoms with Gasteiger partial charge in [-0.25, -0.2) is 0 Å². The van der Waals surface area contributed by atoms with Gasteiger partial charge >= 0.3 is 0 Å². The second kappa shape index (κ2) is 1.90. The molecule has 0 aromatic carbocycles. The van der Waals surface area contributed by atoms with E-state index in [9.17, 15) is 0 Å². The third kappa shape index (κ3) is 0.992. The van der Waals surface area contributed by atoms with E-state index < -0.39 is 0 Å². The van der Waals surface area contributed by atoms with E-state index in [1.807, 2.05) is 9.19 Å². The second-order valence-corrected chi connectivity index (χ2v) is 2.67. The molecular formula is C4H7IN2. The number of hydrogen-bond donors (Lipinski definition) is 1. The first-order chi connectivity index (χ1) is 3.30. The summed E-state index contributed by atoms with van der Waals surface area (Å²) in [6.45, 7) is 1.08. The quantitative estimate of drug-likeness (QED) is 0.474. The standard InChI is InChI=1S/C4H7IN2/c5-7-3-1-2-4(7)6/h2H,1,3,6H2. The van der Waals surface area contributed by atoms with Crippen LogP contribution in [-0.2, 0) is 0 Å². The lowest BCUT2D eigenvalue weighted by atomic mass is 10.5. The molecule has 0 spiro atoms. The van der Waals surface area contributed by atoms with Gasteiger partial charge in [0.1, 0.15) is 5.82 Å². The molecule has 40 valence electrons. The Hall–Kier alpha value is 0.0700. The molecule has 0 saturated carbocycles. The van der Waals surface area contributed by atoms with E-state index >= 15 is 0 Å². The SMILES string of the molecule is NC1=CCCN1I. The Bertz CT molecular complexity index is 99.9. The van der Waals surface area contributed by atoms with Crippen molar-refractivity contribution < 1.29 is 0 Å². The van der Waals surface area contributed by atoms with Crippen LogP contribution in [0, 0.1) is 0 Å². The molecule has 1 heterocycles. The average Bonchev–Trinajstić information content (AvgIpc) is 1.91. The van der Waals surface area contributed by atoms with Crippen LogP contribution < -0.4 is 5.73 Å². The van der Waals surface area contributed by atoms with Crippen LogP contribution in [0.25, 0.3) is 0 Å². The van der Waals surface area contributed by atoms with Crippen molar-refractivity contribution in [2.45, 2.75) is 6.42 Å². The van der Waals surface area contributed by atoms with Crippen molar-refractivity contribution in [3.8, 4) is 0 Å². The maximum Gasteiger partial charge on any atom is 0.103 e. The molecule has 0 bridgehead atoms. The first-order valence-corrected chi connectivity index (χ1v) is 3.16. The highest BCUT2D eigenvalue weighted by Crippen LogP contribution is 2.13. The van der Waals surface area contributed by atoms with Crippen molar-refractivity contribution in [1.82, 2.24) is 3.11 Å². The summed E-state index contributed by atoms with van der Waals surface area (Å²) in [6.07, 6.45) is 3.14. The molecule has 0 fully saturated rings. The van der Waals surface area contributed by atoms with Crippen molar-refractivity contribution in [2.75, 3.05) is 6.54 Å². The minimum Gasteiger partial charge on any atom is -0.385 e. The Kier molecular flexibility index (Phi) is 1.41. The van der Waals surface area contributed by atoms with Crippen LogP contribution in [0.15, 0.2) is 11.9 Å². The normalized spacial score (nSPS) is 20.1. The van der Waals surface area contributed by atoms with Crippen LogP contribution in [0.5, 0.6) is 0 Å². The van der Waals surface area contributed by atoms with Crippen molar-refractivity contribution in [3.63, 3.8) is 0 Å². The van der Waals surface area contributed by atoms with Crippen LogP contribution in [0.2, 0.25) is 0 Å². The first-order valence-electron chi connectivity index (χ1n) is 2.19. The van der Waals surface area contributed by atoms with E-state index in [0.29, 0.717) is 0 Å². The highest BCUT2D eigenvalue weighted by Gasteiger charge is 2.05. The summed E-state index contributed by atoms with van der Waals surface area (Å²) in [5.74, 6) is 0.903. The Morgan fingerprint density at radius 2 is 2.57 bits per heavy atom. The van der Waals surface area contributed by atoms with E-state index in [1.165, 1.54) is 0 Å². The van der Waals surface area contributed by atoms with Gasteiger partial charge in [0.05, 0.1) is 22.9 Å². The predicted molar refractivity (Wildman–Crippen MR) is 37.6 cm³/mol. The molecule has 2 N–H and O–H groups in total. The molecule has 0 amide bonds. The van der Waals surface area contributed by atoms with E-state index in [-0.39, 0.29) is 0 Å². The van der Waals surface area contributed by atoms with E-state index in [2.05, 4.69) is 22.9 Å². The zero-order chi connectivity index (χ0) is 5.28. The summed E-state index contributed by atoms with van der Waals surface area (Å²) in [7, 11) is 0. The molecule has 0 aromatic rings. The lowest BCUT2D eigenvalue weighted by Crippen LogP contribution is -2.11. The maximum atomic E-state index is 5.46. The molecule has 2 nitrogen and oxygen atoms in total. The Labute approximate surface area is 56.9 Å². The predicted octanol–water partition coefficient (Wildman–Crippen LogP) is 0.842. The topological polar surface area (TPSA) is 29.3 Å². The van der Waals surface area contributed by atoms with Crippen molar-refractivity contribution in [3.05, 3.63) is 11.9 Å². The molecule has 0 aliphatic carbocycles. The molecule has 0 aromatic heterocycles. The van der Waals surface area contributed by atoms with Crippen molar-refractivity contribution >= 4 is 22.9 Å². The highest BCUT2D eigenvalue weighted by atomic mass is 127. The second-order valence-electron chi connectivity index (χ2n) is 1.50. The Balaban J connectivity index is 2.54. The Morgan fingerprint density at radius 3 is 2.71 bits per heavy atom. The molecule has 0 saturated heterocycles. The number of rotatable bonds is 0. The average molecular weight is 210 g/mol. The van der Waals surface area contributed by atoms with Crippen LogP contribution in [-0.4, -0.2) is 9.66 Å². The van der Waals surface area contributed by atoms with Crippen molar-refractivity contribution in [2.24, 2.45) is 5.73 Å². The largest absolute Gasteiger partial charge is 0.385 e. The molecule has 3 heteroatoms. The van der Waals surface area contributed by atoms with E-state index in [1.54, 1.807) is 0 Å². The molecule has 1 aliphatic rings. The molecule has 0 radical (unpaired) electrons. The van der Waals surface area contributed by atoms with Gasteiger partial charge in [0.15, 0.2) is 0 Å². The van der Waals surface area contributed by atoms with Gasteiger partial charge in [0, 0.05) is 6.54 Å². The number of hydrogen-bond acceptors (Lipinski definition) is 2. The van der Waals surface area contributed by atoms with Crippen LogP contribution >= 0.6 is 22.9 Å². The smallest absolute Gasteiger partial charge is 0.103 e. The minimum atomic E-state index is 0.903. The molecule has 1 aliphatic heterocycles. The Morgan fingerprint density at radius 1 is 1.86 bits per heavy atom. The van der Waals surface area contributed by atoms with Crippen molar-refractivity contribution in [1.29, 1.82) is 0 Å². The fourth-order valence-corrected chi connectivity index (χ4v) is 1.03. The third-order valence-electron chi connectivity index (χ3n) is 0.959. The summed E-state index contributed by atoms with van der Waals surface area (Å²) >= 11 is 2.20. The lowest BCUT2D eigenvalue weighted by Gasteiger charge is -2.06. The highest BCUT2D eigenvalue weighted by molar-refractivity contribution is 14.1. The van der Waals surface area contributed by atoms with Gasteiger partial charge in [0.25, 0.3) is 0 Å². The van der Waals surface area contributed by atoms with Gasteiger partial charge in [-0.3, -0.25) is 0 Å². The van der Waals surface area contributed by atoms with Crippen LogP contribution in [0.1, 0.15) is 6.42 Å². The van der Waals surface area contributed by atoms with E-state index in [4.69, 9.17) is 5.73 Å².